The molecule has 0 spiro atoms. The first kappa shape index (κ1) is 16.1. The summed E-state index contributed by atoms with van der Waals surface area (Å²) in [7, 11) is 0. The van der Waals surface area contributed by atoms with Crippen molar-refractivity contribution in [3.63, 3.8) is 0 Å². The van der Waals surface area contributed by atoms with Gasteiger partial charge in [-0.1, -0.05) is 27.2 Å². The Morgan fingerprint density at radius 2 is 1.88 bits per heavy atom. The molecule has 1 N–H and O–H groups in total. The molecule has 3 heterocycles. The Hall–Kier alpha value is -2.44. The lowest BCUT2D eigenvalue weighted by molar-refractivity contribution is 0.563. The quantitative estimate of drug-likeness (QED) is 0.849. The van der Waals surface area contributed by atoms with Crippen LogP contribution in [0.15, 0.2) is 21.6 Å². The third-order valence-electron chi connectivity index (χ3n) is 4.84. The summed E-state index contributed by atoms with van der Waals surface area (Å²) >= 11 is 0. The molecule has 4 rings (SSSR count). The SMILES string of the molecule is CC(C)(C)c1nc2c(c(-c3cn[nH]n3)c1C1=NN=NC1)CCCCC2. The molecule has 130 valence electrons. The summed E-state index contributed by atoms with van der Waals surface area (Å²) in [4.78, 5) is 5.14. The topological polar surface area (TPSA) is 91.5 Å². The van der Waals surface area contributed by atoms with E-state index in [4.69, 9.17) is 4.98 Å². The number of H-pyrrole nitrogens is 1. The number of aromatic amines is 1. The van der Waals surface area contributed by atoms with Crippen LogP contribution in [0.3, 0.4) is 0 Å². The minimum absolute atomic E-state index is 0.111. The molecule has 2 aromatic heterocycles. The van der Waals surface area contributed by atoms with E-state index >= 15 is 0 Å². The Morgan fingerprint density at radius 3 is 2.56 bits per heavy atom. The van der Waals surface area contributed by atoms with Gasteiger partial charge in [0.2, 0.25) is 0 Å². The Morgan fingerprint density at radius 1 is 1.04 bits per heavy atom. The summed E-state index contributed by atoms with van der Waals surface area (Å²) in [6.45, 7) is 7.07. The minimum atomic E-state index is -0.111. The van der Waals surface area contributed by atoms with Crippen molar-refractivity contribution in [2.24, 2.45) is 15.4 Å². The van der Waals surface area contributed by atoms with Crippen molar-refractivity contribution in [3.05, 3.63) is 28.7 Å². The molecule has 0 fully saturated rings. The number of aryl methyl sites for hydroxylation is 1. The van der Waals surface area contributed by atoms with Gasteiger partial charge in [-0.2, -0.15) is 20.5 Å². The molecule has 25 heavy (non-hydrogen) atoms. The first-order valence-corrected chi connectivity index (χ1v) is 8.92. The molecular formula is C18H23N7. The smallest absolute Gasteiger partial charge is 0.113 e. The normalized spacial score (nSPS) is 17.3. The first-order valence-electron chi connectivity index (χ1n) is 8.92. The Bertz CT molecular complexity index is 841. The Balaban J connectivity index is 2.06. The summed E-state index contributed by atoms with van der Waals surface area (Å²) < 4.78 is 0. The molecule has 0 aromatic carbocycles. The minimum Gasteiger partial charge on any atom is -0.256 e. The van der Waals surface area contributed by atoms with Gasteiger partial charge in [-0.05, 0) is 36.5 Å². The predicted octanol–water partition coefficient (Wildman–Crippen LogP) is 3.60. The van der Waals surface area contributed by atoms with E-state index in [9.17, 15) is 0 Å². The van der Waals surface area contributed by atoms with Crippen LogP contribution in [-0.2, 0) is 18.3 Å². The lowest BCUT2D eigenvalue weighted by atomic mass is 9.81. The second-order valence-electron chi connectivity index (χ2n) is 7.74. The molecule has 2 aromatic rings. The van der Waals surface area contributed by atoms with Crippen molar-refractivity contribution in [3.8, 4) is 11.3 Å². The van der Waals surface area contributed by atoms with Crippen LogP contribution >= 0.6 is 0 Å². The molecule has 0 bridgehead atoms. The van der Waals surface area contributed by atoms with Gasteiger partial charge >= 0.3 is 0 Å². The van der Waals surface area contributed by atoms with Crippen molar-refractivity contribution >= 4 is 5.71 Å². The van der Waals surface area contributed by atoms with Gasteiger partial charge in [-0.15, -0.1) is 5.10 Å². The maximum absolute atomic E-state index is 5.14. The largest absolute Gasteiger partial charge is 0.256 e. The zero-order valence-corrected chi connectivity index (χ0v) is 15.0. The zero-order valence-electron chi connectivity index (χ0n) is 15.0. The van der Waals surface area contributed by atoms with Crippen LogP contribution in [0.4, 0.5) is 0 Å². The number of pyridine rings is 1. The van der Waals surface area contributed by atoms with Gasteiger partial charge < -0.3 is 0 Å². The maximum Gasteiger partial charge on any atom is 0.113 e. The first-order chi connectivity index (χ1) is 12.1. The van der Waals surface area contributed by atoms with Gasteiger partial charge in [0.1, 0.15) is 12.2 Å². The standard InChI is InChI=1S/C18H23N7/c1-18(2,3)17-16(14-10-20-25-23-14)15(13-9-19-24-22-13)11-7-5-4-6-8-12(11)21-17/h9H,4-8,10H2,1-3H3,(H,19,22,24). The van der Waals surface area contributed by atoms with Crippen molar-refractivity contribution in [2.75, 3.05) is 6.54 Å². The second-order valence-corrected chi connectivity index (χ2v) is 7.74. The highest BCUT2D eigenvalue weighted by molar-refractivity contribution is 6.09. The molecule has 2 aliphatic rings. The van der Waals surface area contributed by atoms with Crippen molar-refractivity contribution in [2.45, 2.75) is 58.3 Å². The molecule has 0 saturated heterocycles. The number of fused-ring (bicyclic) bond motifs is 1. The number of hydrogen-bond donors (Lipinski definition) is 1. The lowest BCUT2D eigenvalue weighted by Gasteiger charge is -2.26. The van der Waals surface area contributed by atoms with E-state index < -0.39 is 0 Å². The number of rotatable bonds is 2. The van der Waals surface area contributed by atoms with E-state index in [1.807, 2.05) is 0 Å². The van der Waals surface area contributed by atoms with Crippen LogP contribution in [0.1, 0.15) is 62.5 Å². The van der Waals surface area contributed by atoms with E-state index in [0.717, 1.165) is 41.1 Å². The van der Waals surface area contributed by atoms with E-state index in [2.05, 4.69) is 51.6 Å². The summed E-state index contributed by atoms with van der Waals surface area (Å²) in [6.07, 6.45) is 7.43. The fourth-order valence-corrected chi connectivity index (χ4v) is 3.69. The molecule has 0 amide bonds. The molecule has 0 saturated carbocycles. The molecular weight excluding hydrogens is 314 g/mol. The van der Waals surface area contributed by atoms with Gasteiger partial charge in [-0.3, -0.25) is 4.98 Å². The van der Waals surface area contributed by atoms with Crippen LogP contribution < -0.4 is 0 Å². The number of aromatic nitrogens is 4. The molecule has 7 nitrogen and oxygen atoms in total. The number of nitrogens with zero attached hydrogens (tertiary/aromatic N) is 6. The summed E-state index contributed by atoms with van der Waals surface area (Å²) in [5, 5.41) is 23.4. The van der Waals surface area contributed by atoms with Crippen LogP contribution in [0.5, 0.6) is 0 Å². The predicted molar refractivity (Wildman–Crippen MR) is 95.8 cm³/mol. The number of hydrogen-bond acceptors (Lipinski definition) is 6. The second kappa shape index (κ2) is 6.13. The summed E-state index contributed by atoms with van der Waals surface area (Å²) in [6, 6.07) is 0. The van der Waals surface area contributed by atoms with Crippen molar-refractivity contribution < 1.29 is 0 Å². The fraction of sp³-hybridized carbons (Fsp3) is 0.556. The van der Waals surface area contributed by atoms with Crippen LogP contribution in [0.2, 0.25) is 0 Å². The van der Waals surface area contributed by atoms with Crippen LogP contribution in [0.25, 0.3) is 11.3 Å². The lowest BCUT2D eigenvalue weighted by Crippen LogP contribution is -2.23. The van der Waals surface area contributed by atoms with Crippen molar-refractivity contribution in [1.29, 1.82) is 0 Å². The van der Waals surface area contributed by atoms with Crippen LogP contribution in [-0.4, -0.2) is 32.7 Å². The average Bonchev–Trinajstić information content (AvgIpc) is 3.22. The van der Waals surface area contributed by atoms with Crippen molar-refractivity contribution in [1.82, 2.24) is 20.4 Å². The third kappa shape index (κ3) is 2.88. The van der Waals surface area contributed by atoms with E-state index in [0.29, 0.717) is 6.54 Å². The van der Waals surface area contributed by atoms with E-state index in [1.165, 1.54) is 30.5 Å². The van der Waals surface area contributed by atoms with Gasteiger partial charge in [-0.25, -0.2) is 0 Å². The molecule has 0 radical (unpaired) electrons. The molecule has 7 heteroatoms. The molecule has 0 atom stereocenters. The average molecular weight is 337 g/mol. The van der Waals surface area contributed by atoms with Gasteiger partial charge in [0.25, 0.3) is 0 Å². The molecule has 0 unspecified atom stereocenters. The highest BCUT2D eigenvalue weighted by atomic mass is 15.4. The molecule has 1 aliphatic carbocycles. The van der Waals surface area contributed by atoms with Gasteiger partial charge in [0.15, 0.2) is 0 Å². The Kier molecular flexibility index (Phi) is 3.94. The zero-order chi connectivity index (χ0) is 17.4. The fourth-order valence-electron chi connectivity index (χ4n) is 3.69. The van der Waals surface area contributed by atoms with Crippen LogP contribution in [0, 0.1) is 0 Å². The van der Waals surface area contributed by atoms with Gasteiger partial charge in [0.05, 0.1) is 17.6 Å². The van der Waals surface area contributed by atoms with E-state index in [-0.39, 0.29) is 5.41 Å². The maximum atomic E-state index is 5.14. The highest BCUT2D eigenvalue weighted by Crippen LogP contribution is 2.38. The van der Waals surface area contributed by atoms with Gasteiger partial charge in [0, 0.05) is 22.2 Å². The molecule has 1 aliphatic heterocycles. The Labute approximate surface area is 147 Å². The monoisotopic (exact) mass is 337 g/mol. The third-order valence-corrected chi connectivity index (χ3v) is 4.84. The highest BCUT2D eigenvalue weighted by Gasteiger charge is 2.31. The summed E-state index contributed by atoms with van der Waals surface area (Å²) in [5.41, 5.74) is 7.35. The summed E-state index contributed by atoms with van der Waals surface area (Å²) in [5.74, 6) is 0. The van der Waals surface area contributed by atoms with E-state index in [1.54, 1.807) is 6.20 Å². The number of nitrogens with one attached hydrogen (secondary N) is 1.